The molecule has 0 aliphatic carbocycles. The molecule has 17 heavy (non-hydrogen) atoms. The number of carbonyl (C=O) groups is 1. The van der Waals surface area contributed by atoms with Gasteiger partial charge in [-0.25, -0.2) is 4.79 Å². The first-order chi connectivity index (χ1) is 7.70. The Kier molecular flexibility index (Phi) is 6.67. The monoisotopic (exact) mass is 247 g/mol. The van der Waals surface area contributed by atoms with Crippen LogP contribution in [0.5, 0.6) is 0 Å². The van der Waals surface area contributed by atoms with E-state index in [1.54, 1.807) is 20.8 Å². The van der Waals surface area contributed by atoms with E-state index in [-0.39, 0.29) is 12.6 Å². The van der Waals surface area contributed by atoms with Crippen LogP contribution in [0.15, 0.2) is 0 Å². The van der Waals surface area contributed by atoms with Gasteiger partial charge >= 0.3 is 5.97 Å². The Balaban J connectivity index is 3.69. The molecule has 0 fully saturated rings. The molecule has 102 valence electrons. The summed E-state index contributed by atoms with van der Waals surface area (Å²) in [7, 11) is 0. The lowest BCUT2D eigenvalue weighted by atomic mass is 9.86. The predicted molar refractivity (Wildman–Crippen MR) is 65.8 cm³/mol. The van der Waals surface area contributed by atoms with E-state index >= 15 is 0 Å². The first-order valence-corrected chi connectivity index (χ1v) is 5.91. The molecule has 0 aromatic heterocycles. The van der Waals surface area contributed by atoms with Gasteiger partial charge < -0.3 is 19.9 Å². The summed E-state index contributed by atoms with van der Waals surface area (Å²) in [5, 5.41) is 13.1. The van der Waals surface area contributed by atoms with E-state index in [1.807, 2.05) is 13.8 Å². The van der Waals surface area contributed by atoms with E-state index in [4.69, 9.17) is 9.47 Å². The van der Waals surface area contributed by atoms with Gasteiger partial charge in [0, 0.05) is 12.1 Å². The largest absolute Gasteiger partial charge is 0.464 e. The molecule has 0 aromatic rings. The first-order valence-electron chi connectivity index (χ1n) is 5.91. The second kappa shape index (κ2) is 6.93. The zero-order valence-electron chi connectivity index (χ0n) is 11.5. The number of carbonyl (C=O) groups excluding carboxylic acids is 1. The van der Waals surface area contributed by atoms with Crippen LogP contribution in [0.3, 0.4) is 0 Å². The lowest BCUT2D eigenvalue weighted by Gasteiger charge is -2.38. The van der Waals surface area contributed by atoms with Gasteiger partial charge in [0.1, 0.15) is 6.61 Å². The summed E-state index contributed by atoms with van der Waals surface area (Å²) < 4.78 is 9.86. The van der Waals surface area contributed by atoms with Crippen molar-refractivity contribution >= 4 is 5.97 Å². The van der Waals surface area contributed by atoms with E-state index in [1.165, 1.54) is 0 Å². The molecule has 0 saturated heterocycles. The van der Waals surface area contributed by atoms with Crippen LogP contribution in [0.4, 0.5) is 0 Å². The van der Waals surface area contributed by atoms with Crippen molar-refractivity contribution in [3.05, 3.63) is 0 Å². The topological polar surface area (TPSA) is 67.8 Å². The fourth-order valence-electron chi connectivity index (χ4n) is 1.01. The van der Waals surface area contributed by atoms with Crippen LogP contribution in [0.2, 0.25) is 0 Å². The van der Waals surface area contributed by atoms with Crippen molar-refractivity contribution in [2.75, 3.05) is 26.4 Å². The van der Waals surface area contributed by atoms with Crippen LogP contribution in [-0.2, 0) is 14.3 Å². The van der Waals surface area contributed by atoms with Gasteiger partial charge in [-0.1, -0.05) is 0 Å². The van der Waals surface area contributed by atoms with Crippen LogP contribution in [0, 0.1) is 0 Å². The summed E-state index contributed by atoms with van der Waals surface area (Å²) >= 11 is 0. The van der Waals surface area contributed by atoms with Gasteiger partial charge in [0.15, 0.2) is 0 Å². The smallest absolute Gasteiger partial charge is 0.332 e. The molecular formula is C12H25NO4. The average molecular weight is 247 g/mol. The van der Waals surface area contributed by atoms with Crippen LogP contribution in [0.25, 0.3) is 0 Å². The molecule has 0 spiro atoms. The SMILES string of the molecule is CCOC(=O)COCCNC(C)(C)C(C)(C)O. The highest BCUT2D eigenvalue weighted by atomic mass is 16.6. The third-order valence-corrected chi connectivity index (χ3v) is 2.87. The van der Waals surface area contributed by atoms with Crippen molar-refractivity contribution in [3.63, 3.8) is 0 Å². The molecule has 0 saturated carbocycles. The van der Waals surface area contributed by atoms with E-state index in [0.29, 0.717) is 19.8 Å². The van der Waals surface area contributed by atoms with E-state index < -0.39 is 11.1 Å². The summed E-state index contributed by atoms with van der Waals surface area (Å²) in [6, 6.07) is 0. The van der Waals surface area contributed by atoms with Crippen molar-refractivity contribution in [2.45, 2.75) is 45.8 Å². The minimum absolute atomic E-state index is 0.0293. The standard InChI is InChI=1S/C12H25NO4/c1-6-17-10(14)9-16-8-7-13-11(2,3)12(4,5)15/h13,15H,6-9H2,1-5H3. The van der Waals surface area contributed by atoms with E-state index in [2.05, 4.69) is 5.32 Å². The van der Waals surface area contributed by atoms with Crippen LogP contribution >= 0.6 is 0 Å². The summed E-state index contributed by atoms with van der Waals surface area (Å²) in [5.74, 6) is -0.353. The minimum Gasteiger partial charge on any atom is -0.464 e. The molecule has 0 heterocycles. The van der Waals surface area contributed by atoms with E-state index in [9.17, 15) is 9.90 Å². The molecule has 0 radical (unpaired) electrons. The lowest BCUT2D eigenvalue weighted by molar-refractivity contribution is -0.148. The summed E-state index contributed by atoms with van der Waals surface area (Å²) in [6.45, 7) is 10.4. The molecule has 0 bridgehead atoms. The molecule has 5 heteroatoms. The lowest BCUT2D eigenvalue weighted by Crippen LogP contribution is -2.56. The fraction of sp³-hybridized carbons (Fsp3) is 0.917. The first kappa shape index (κ1) is 16.4. The molecule has 0 rings (SSSR count). The number of hydrogen-bond acceptors (Lipinski definition) is 5. The number of hydrogen-bond donors (Lipinski definition) is 2. The number of esters is 1. The maximum Gasteiger partial charge on any atom is 0.332 e. The Morgan fingerprint density at radius 1 is 1.29 bits per heavy atom. The number of nitrogens with one attached hydrogen (secondary N) is 1. The Bertz CT molecular complexity index is 233. The number of rotatable bonds is 8. The molecule has 5 nitrogen and oxygen atoms in total. The summed E-state index contributed by atoms with van der Waals surface area (Å²) in [6.07, 6.45) is 0. The number of ether oxygens (including phenoxy) is 2. The fourth-order valence-corrected chi connectivity index (χ4v) is 1.01. The van der Waals surface area contributed by atoms with Gasteiger partial charge in [-0.15, -0.1) is 0 Å². The van der Waals surface area contributed by atoms with Crippen molar-refractivity contribution in [2.24, 2.45) is 0 Å². The zero-order valence-corrected chi connectivity index (χ0v) is 11.5. The van der Waals surface area contributed by atoms with E-state index in [0.717, 1.165) is 0 Å². The highest BCUT2D eigenvalue weighted by Gasteiger charge is 2.34. The number of aliphatic hydroxyl groups is 1. The molecule has 0 aliphatic heterocycles. The van der Waals surface area contributed by atoms with Gasteiger partial charge in [0.25, 0.3) is 0 Å². The summed E-state index contributed by atoms with van der Waals surface area (Å²) in [4.78, 5) is 11.0. The quantitative estimate of drug-likeness (QED) is 0.488. The Morgan fingerprint density at radius 3 is 2.35 bits per heavy atom. The molecular weight excluding hydrogens is 222 g/mol. The van der Waals surface area contributed by atoms with Gasteiger partial charge in [0.05, 0.1) is 18.8 Å². The maximum absolute atomic E-state index is 11.0. The maximum atomic E-state index is 11.0. The second-order valence-corrected chi connectivity index (χ2v) is 4.97. The minimum atomic E-state index is -0.825. The molecule has 0 aromatic carbocycles. The highest BCUT2D eigenvalue weighted by Crippen LogP contribution is 2.19. The molecule has 0 aliphatic rings. The van der Waals surface area contributed by atoms with Gasteiger partial charge in [0.2, 0.25) is 0 Å². The van der Waals surface area contributed by atoms with Crippen molar-refractivity contribution in [3.8, 4) is 0 Å². The zero-order chi connectivity index (χ0) is 13.5. The van der Waals surface area contributed by atoms with Crippen molar-refractivity contribution in [1.82, 2.24) is 5.32 Å². The third-order valence-electron chi connectivity index (χ3n) is 2.87. The third kappa shape index (κ3) is 6.61. The highest BCUT2D eigenvalue weighted by molar-refractivity contribution is 5.70. The van der Waals surface area contributed by atoms with Crippen LogP contribution < -0.4 is 5.32 Å². The molecule has 2 N–H and O–H groups in total. The summed E-state index contributed by atoms with van der Waals surface area (Å²) in [5.41, 5.74) is -1.24. The van der Waals surface area contributed by atoms with Crippen LogP contribution in [-0.4, -0.2) is 48.6 Å². The Hall–Kier alpha value is -0.650. The molecule has 0 unspecified atom stereocenters. The molecule has 0 amide bonds. The Labute approximate surface area is 103 Å². The van der Waals surface area contributed by atoms with Crippen LogP contribution in [0.1, 0.15) is 34.6 Å². The molecule has 0 atom stereocenters. The van der Waals surface area contributed by atoms with Crippen molar-refractivity contribution in [1.29, 1.82) is 0 Å². The average Bonchev–Trinajstić information content (AvgIpc) is 2.15. The normalized spacial score (nSPS) is 12.6. The van der Waals surface area contributed by atoms with Crippen molar-refractivity contribution < 1.29 is 19.4 Å². The van der Waals surface area contributed by atoms with Gasteiger partial charge in [-0.05, 0) is 34.6 Å². The predicted octanol–water partition coefficient (Wildman–Crippen LogP) is 0.705. The van der Waals surface area contributed by atoms with Gasteiger partial charge in [-0.3, -0.25) is 0 Å². The Morgan fingerprint density at radius 2 is 1.88 bits per heavy atom. The second-order valence-electron chi connectivity index (χ2n) is 4.97. The van der Waals surface area contributed by atoms with Gasteiger partial charge in [-0.2, -0.15) is 0 Å².